The summed E-state index contributed by atoms with van der Waals surface area (Å²) in [5.74, 6) is -2.38. The first-order chi connectivity index (χ1) is 14.5. The Morgan fingerprint density at radius 1 is 1.16 bits per heavy atom. The van der Waals surface area contributed by atoms with E-state index >= 15 is 0 Å². The van der Waals surface area contributed by atoms with Crippen molar-refractivity contribution in [3.8, 4) is 0 Å². The number of ether oxygens (including phenoxy) is 1. The lowest BCUT2D eigenvalue weighted by Gasteiger charge is -2.24. The van der Waals surface area contributed by atoms with Gasteiger partial charge in [-0.2, -0.15) is 0 Å². The van der Waals surface area contributed by atoms with E-state index in [0.29, 0.717) is 21.8 Å². The van der Waals surface area contributed by atoms with E-state index in [4.69, 9.17) is 20.8 Å². The quantitative estimate of drug-likeness (QED) is 0.408. The van der Waals surface area contributed by atoms with Gasteiger partial charge in [0, 0.05) is 21.8 Å². The van der Waals surface area contributed by atoms with E-state index in [1.807, 2.05) is 0 Å². The lowest BCUT2D eigenvalue weighted by molar-refractivity contribution is -0.154. The van der Waals surface area contributed by atoms with E-state index in [1.165, 1.54) is 23.5 Å². The zero-order valence-electron chi connectivity index (χ0n) is 17.3. The van der Waals surface area contributed by atoms with Crippen LogP contribution in [-0.2, 0) is 35.9 Å². The molecule has 0 bridgehead atoms. The summed E-state index contributed by atoms with van der Waals surface area (Å²) in [6, 6.07) is 6.29. The molecule has 2 aliphatic rings. The second-order valence-electron chi connectivity index (χ2n) is 8.64. The largest absolute Gasteiger partial charge is 0.472 e. The van der Waals surface area contributed by atoms with Crippen LogP contribution in [0.2, 0.25) is 5.02 Å². The Bertz CT molecular complexity index is 1090. The molecule has 1 fully saturated rings. The van der Waals surface area contributed by atoms with E-state index < -0.39 is 34.7 Å². The molecular formula is C22H21ClN2O6. The van der Waals surface area contributed by atoms with Crippen LogP contribution in [0, 0.1) is 0 Å². The number of hydrogen-bond acceptors (Lipinski definition) is 6. The second kappa shape index (κ2) is 7.23. The van der Waals surface area contributed by atoms with Crippen LogP contribution in [0.5, 0.6) is 0 Å². The summed E-state index contributed by atoms with van der Waals surface area (Å²) in [4.78, 5) is 54.5. The van der Waals surface area contributed by atoms with Crippen LogP contribution >= 0.6 is 11.6 Å². The summed E-state index contributed by atoms with van der Waals surface area (Å²) >= 11 is 6.17. The minimum Gasteiger partial charge on any atom is -0.472 e. The zero-order chi connectivity index (χ0) is 22.6. The number of amides is 3. The maximum atomic E-state index is 13.6. The number of rotatable bonds is 4. The number of anilines is 1. The van der Waals surface area contributed by atoms with Crippen LogP contribution in [-0.4, -0.2) is 40.7 Å². The van der Waals surface area contributed by atoms with Gasteiger partial charge in [-0.15, -0.1) is 0 Å². The minimum atomic E-state index is -1.75. The number of carbonyl (C=O) groups is 4. The topological polar surface area (TPSA) is 97.1 Å². The number of likely N-dealkylation sites (tertiary alicyclic amines) is 1. The number of halogens is 1. The summed E-state index contributed by atoms with van der Waals surface area (Å²) in [6.07, 6.45) is 2.54. The van der Waals surface area contributed by atoms with Gasteiger partial charge in [0.2, 0.25) is 17.7 Å². The molecule has 1 spiro atoms. The number of benzene rings is 1. The molecule has 1 aromatic carbocycles. The third-order valence-corrected chi connectivity index (χ3v) is 5.51. The normalized spacial score (nSPS) is 20.7. The smallest absolute Gasteiger partial charge is 0.326 e. The van der Waals surface area contributed by atoms with E-state index in [-0.39, 0.29) is 19.5 Å². The molecule has 1 unspecified atom stereocenters. The van der Waals surface area contributed by atoms with Crippen molar-refractivity contribution in [3.63, 3.8) is 0 Å². The van der Waals surface area contributed by atoms with Crippen molar-refractivity contribution in [2.75, 3.05) is 11.4 Å². The van der Waals surface area contributed by atoms with E-state index in [1.54, 1.807) is 39.0 Å². The Hall–Kier alpha value is -3.13. The van der Waals surface area contributed by atoms with Gasteiger partial charge < -0.3 is 9.15 Å². The van der Waals surface area contributed by atoms with Crippen molar-refractivity contribution in [2.45, 2.75) is 44.8 Å². The Kier molecular flexibility index (Phi) is 4.93. The van der Waals surface area contributed by atoms with Crippen molar-refractivity contribution in [2.24, 2.45) is 0 Å². The standard InChI is InChI=1S/C22H21ClN2O6/c1-21(2,3)31-18(27)11-24-16-5-4-14(23)8-15(16)22(19(24)28)9-17(26)25(20(22)29)10-13-6-7-30-12-13/h4-8,12H,9-11H2,1-3H3. The molecule has 0 N–H and O–H groups in total. The molecule has 0 saturated carbocycles. The third kappa shape index (κ3) is 3.50. The molecule has 1 saturated heterocycles. The number of nitrogens with zero attached hydrogens (tertiary/aromatic N) is 2. The molecule has 1 atom stereocenters. The minimum absolute atomic E-state index is 0.00877. The fourth-order valence-electron chi connectivity index (χ4n) is 4.04. The number of fused-ring (bicyclic) bond motifs is 2. The van der Waals surface area contributed by atoms with Gasteiger partial charge in [0.25, 0.3) is 0 Å². The lowest BCUT2D eigenvalue weighted by Crippen LogP contribution is -2.48. The highest BCUT2D eigenvalue weighted by Gasteiger charge is 2.64. The van der Waals surface area contributed by atoms with Crippen molar-refractivity contribution >= 4 is 41.0 Å². The van der Waals surface area contributed by atoms with E-state index in [2.05, 4.69) is 0 Å². The molecule has 0 aliphatic carbocycles. The molecule has 31 heavy (non-hydrogen) atoms. The number of furan rings is 1. The first-order valence-corrected chi connectivity index (χ1v) is 10.1. The fraction of sp³-hybridized carbons (Fsp3) is 0.364. The molecule has 1 aromatic heterocycles. The molecule has 0 radical (unpaired) electrons. The summed E-state index contributed by atoms with van der Waals surface area (Å²) in [7, 11) is 0. The molecule has 3 heterocycles. The number of esters is 1. The van der Waals surface area contributed by atoms with Crippen LogP contribution in [0.3, 0.4) is 0 Å². The van der Waals surface area contributed by atoms with Gasteiger partial charge in [-0.25, -0.2) is 0 Å². The first-order valence-electron chi connectivity index (χ1n) is 9.72. The van der Waals surface area contributed by atoms with Crippen LogP contribution in [0.4, 0.5) is 5.69 Å². The van der Waals surface area contributed by atoms with Gasteiger partial charge in [-0.1, -0.05) is 11.6 Å². The molecule has 4 rings (SSSR count). The Morgan fingerprint density at radius 2 is 1.87 bits per heavy atom. The molecule has 162 valence electrons. The van der Waals surface area contributed by atoms with Gasteiger partial charge in [-0.3, -0.25) is 29.0 Å². The van der Waals surface area contributed by atoms with E-state index in [9.17, 15) is 19.2 Å². The molecular weight excluding hydrogens is 424 g/mol. The average Bonchev–Trinajstić information content (AvgIpc) is 3.32. The van der Waals surface area contributed by atoms with Crippen molar-refractivity contribution in [1.29, 1.82) is 0 Å². The zero-order valence-corrected chi connectivity index (χ0v) is 18.1. The Labute approximate surface area is 183 Å². The average molecular weight is 445 g/mol. The number of imide groups is 1. The maximum absolute atomic E-state index is 13.6. The summed E-state index contributed by atoms with van der Waals surface area (Å²) in [6.45, 7) is 4.78. The van der Waals surface area contributed by atoms with Crippen LogP contribution in [0.1, 0.15) is 38.3 Å². The highest BCUT2D eigenvalue weighted by molar-refractivity contribution is 6.32. The van der Waals surface area contributed by atoms with Crippen LogP contribution in [0.15, 0.2) is 41.2 Å². The van der Waals surface area contributed by atoms with E-state index in [0.717, 1.165) is 4.90 Å². The maximum Gasteiger partial charge on any atom is 0.326 e. The van der Waals surface area contributed by atoms with Gasteiger partial charge in [0.15, 0.2) is 5.41 Å². The monoisotopic (exact) mass is 444 g/mol. The van der Waals surface area contributed by atoms with Crippen molar-refractivity contribution < 1.29 is 28.3 Å². The summed E-state index contributed by atoms with van der Waals surface area (Å²) < 4.78 is 10.4. The number of hydrogen-bond donors (Lipinski definition) is 0. The van der Waals surface area contributed by atoms with Crippen molar-refractivity contribution in [1.82, 2.24) is 4.90 Å². The van der Waals surface area contributed by atoms with Crippen LogP contribution in [0.25, 0.3) is 0 Å². The Morgan fingerprint density at radius 3 is 2.52 bits per heavy atom. The lowest BCUT2D eigenvalue weighted by atomic mass is 9.80. The predicted molar refractivity (Wildman–Crippen MR) is 110 cm³/mol. The van der Waals surface area contributed by atoms with Gasteiger partial charge in [0.05, 0.1) is 25.5 Å². The Balaban J connectivity index is 1.72. The fourth-order valence-corrected chi connectivity index (χ4v) is 4.22. The third-order valence-electron chi connectivity index (χ3n) is 5.28. The van der Waals surface area contributed by atoms with Crippen LogP contribution < -0.4 is 4.90 Å². The molecule has 3 amide bonds. The molecule has 9 heteroatoms. The highest BCUT2D eigenvalue weighted by Crippen LogP contribution is 2.49. The molecule has 8 nitrogen and oxygen atoms in total. The summed E-state index contributed by atoms with van der Waals surface area (Å²) in [5, 5.41) is 0.318. The summed E-state index contributed by atoms with van der Waals surface area (Å²) in [5.41, 5.74) is -1.17. The van der Waals surface area contributed by atoms with Gasteiger partial charge >= 0.3 is 5.97 Å². The SMILES string of the molecule is CC(C)(C)OC(=O)CN1C(=O)C2(CC(=O)N(Cc3ccoc3)C2=O)c2cc(Cl)ccc21. The second-order valence-corrected chi connectivity index (χ2v) is 9.07. The number of carbonyl (C=O) groups excluding carboxylic acids is 4. The molecule has 2 aliphatic heterocycles. The predicted octanol–water partition coefficient (Wildman–Crippen LogP) is 2.82. The van der Waals surface area contributed by atoms with Crippen molar-refractivity contribution in [3.05, 3.63) is 52.9 Å². The van der Waals surface area contributed by atoms with Gasteiger partial charge in [-0.05, 0) is 45.0 Å². The first kappa shape index (κ1) is 21.1. The van der Waals surface area contributed by atoms with Gasteiger partial charge in [0.1, 0.15) is 12.1 Å². The highest BCUT2D eigenvalue weighted by atomic mass is 35.5. The molecule has 2 aromatic rings.